The SMILES string of the molecule is CCNC(=O)Cc1cnc2nccc(-c3ccc(O)c(OC)c3)c2n1. The first kappa shape index (κ1) is 16.6. The average Bonchev–Trinajstić information content (AvgIpc) is 2.62. The van der Waals surface area contributed by atoms with Crippen molar-refractivity contribution in [3.8, 4) is 22.6 Å². The summed E-state index contributed by atoms with van der Waals surface area (Å²) in [5.74, 6) is 0.328. The molecule has 2 N–H and O–H groups in total. The predicted octanol–water partition coefficient (Wildman–Crippen LogP) is 2.08. The van der Waals surface area contributed by atoms with E-state index in [9.17, 15) is 9.90 Å². The molecule has 128 valence electrons. The maximum atomic E-state index is 11.8. The highest BCUT2D eigenvalue weighted by Gasteiger charge is 2.12. The molecule has 0 fully saturated rings. The van der Waals surface area contributed by atoms with Crippen molar-refractivity contribution in [1.29, 1.82) is 0 Å². The first-order valence-electron chi connectivity index (χ1n) is 7.87. The molecule has 1 aromatic carbocycles. The van der Waals surface area contributed by atoms with Gasteiger partial charge in [0.25, 0.3) is 0 Å². The molecule has 0 saturated carbocycles. The van der Waals surface area contributed by atoms with Crippen molar-refractivity contribution in [3.63, 3.8) is 0 Å². The number of amides is 1. The van der Waals surface area contributed by atoms with E-state index in [0.717, 1.165) is 11.1 Å². The molecule has 0 spiro atoms. The standard InChI is InChI=1S/C18H18N4O3/c1-3-19-16(24)9-12-10-21-18-17(22-12)13(6-7-20-18)11-4-5-14(23)15(8-11)25-2/h4-8,10,23H,3,9H2,1-2H3,(H,19,24). The number of ether oxygens (including phenoxy) is 1. The zero-order valence-electron chi connectivity index (χ0n) is 14.0. The van der Waals surface area contributed by atoms with Crippen LogP contribution in [0.25, 0.3) is 22.3 Å². The number of rotatable bonds is 5. The molecule has 0 bridgehead atoms. The molecule has 25 heavy (non-hydrogen) atoms. The summed E-state index contributed by atoms with van der Waals surface area (Å²) in [6.07, 6.45) is 3.37. The van der Waals surface area contributed by atoms with E-state index in [0.29, 0.717) is 29.2 Å². The molecular weight excluding hydrogens is 320 g/mol. The van der Waals surface area contributed by atoms with Crippen molar-refractivity contribution in [2.75, 3.05) is 13.7 Å². The van der Waals surface area contributed by atoms with Crippen LogP contribution in [0, 0.1) is 0 Å². The Morgan fingerprint density at radius 3 is 2.88 bits per heavy atom. The van der Waals surface area contributed by atoms with Gasteiger partial charge in [-0.05, 0) is 30.7 Å². The summed E-state index contributed by atoms with van der Waals surface area (Å²) in [6.45, 7) is 2.43. The summed E-state index contributed by atoms with van der Waals surface area (Å²) in [5, 5.41) is 12.5. The van der Waals surface area contributed by atoms with Crippen LogP contribution in [0.4, 0.5) is 0 Å². The van der Waals surface area contributed by atoms with Crippen LogP contribution in [0.2, 0.25) is 0 Å². The molecule has 0 unspecified atom stereocenters. The second kappa shape index (κ2) is 7.12. The zero-order valence-corrected chi connectivity index (χ0v) is 14.0. The van der Waals surface area contributed by atoms with Gasteiger partial charge in [0.05, 0.1) is 25.4 Å². The monoisotopic (exact) mass is 338 g/mol. The Balaban J connectivity index is 2.07. The van der Waals surface area contributed by atoms with Crippen LogP contribution in [0.15, 0.2) is 36.7 Å². The molecule has 3 aromatic rings. The van der Waals surface area contributed by atoms with Gasteiger partial charge < -0.3 is 15.2 Å². The van der Waals surface area contributed by atoms with Crippen molar-refractivity contribution in [2.45, 2.75) is 13.3 Å². The van der Waals surface area contributed by atoms with Crippen LogP contribution in [0.3, 0.4) is 0 Å². The summed E-state index contributed by atoms with van der Waals surface area (Å²) in [7, 11) is 1.49. The van der Waals surface area contributed by atoms with Gasteiger partial charge >= 0.3 is 0 Å². The number of carbonyl (C=O) groups is 1. The molecule has 0 aliphatic heterocycles. The molecule has 0 atom stereocenters. The lowest BCUT2D eigenvalue weighted by atomic mass is 10.0. The van der Waals surface area contributed by atoms with Gasteiger partial charge in [0.1, 0.15) is 5.52 Å². The smallest absolute Gasteiger partial charge is 0.226 e. The third-order valence-electron chi connectivity index (χ3n) is 3.70. The van der Waals surface area contributed by atoms with E-state index in [1.54, 1.807) is 30.6 Å². The van der Waals surface area contributed by atoms with E-state index < -0.39 is 0 Å². The molecule has 0 saturated heterocycles. The predicted molar refractivity (Wildman–Crippen MR) is 93.4 cm³/mol. The Morgan fingerprint density at radius 1 is 1.28 bits per heavy atom. The van der Waals surface area contributed by atoms with Gasteiger partial charge in [-0.15, -0.1) is 0 Å². The minimum Gasteiger partial charge on any atom is -0.504 e. The van der Waals surface area contributed by atoms with Gasteiger partial charge in [-0.1, -0.05) is 6.07 Å². The lowest BCUT2D eigenvalue weighted by Crippen LogP contribution is -2.24. The number of fused-ring (bicyclic) bond motifs is 1. The van der Waals surface area contributed by atoms with Gasteiger partial charge in [0.2, 0.25) is 5.91 Å². The molecule has 3 rings (SSSR count). The number of aromatic nitrogens is 3. The highest BCUT2D eigenvalue weighted by atomic mass is 16.5. The molecule has 0 aliphatic carbocycles. The van der Waals surface area contributed by atoms with Crippen molar-refractivity contribution in [2.24, 2.45) is 0 Å². The van der Waals surface area contributed by atoms with Crippen molar-refractivity contribution in [3.05, 3.63) is 42.4 Å². The third-order valence-corrected chi connectivity index (χ3v) is 3.70. The van der Waals surface area contributed by atoms with Crippen LogP contribution in [0.5, 0.6) is 11.5 Å². The molecular formula is C18H18N4O3. The first-order valence-corrected chi connectivity index (χ1v) is 7.87. The summed E-state index contributed by atoms with van der Waals surface area (Å²) < 4.78 is 5.17. The summed E-state index contributed by atoms with van der Waals surface area (Å²) in [5.41, 5.74) is 3.26. The van der Waals surface area contributed by atoms with Crippen LogP contribution in [-0.2, 0) is 11.2 Å². The van der Waals surface area contributed by atoms with Gasteiger partial charge in [-0.2, -0.15) is 0 Å². The largest absolute Gasteiger partial charge is 0.504 e. The van der Waals surface area contributed by atoms with E-state index in [-0.39, 0.29) is 18.1 Å². The molecule has 7 nitrogen and oxygen atoms in total. The van der Waals surface area contributed by atoms with Crippen LogP contribution in [-0.4, -0.2) is 39.6 Å². The number of likely N-dealkylation sites (N-methyl/N-ethyl adjacent to an activating group) is 1. The molecule has 7 heteroatoms. The number of methoxy groups -OCH3 is 1. The fourth-order valence-electron chi connectivity index (χ4n) is 2.54. The number of hydrogen-bond donors (Lipinski definition) is 2. The third kappa shape index (κ3) is 3.50. The quantitative estimate of drug-likeness (QED) is 0.739. The van der Waals surface area contributed by atoms with Gasteiger partial charge in [0, 0.05) is 18.3 Å². The van der Waals surface area contributed by atoms with Crippen molar-refractivity contribution >= 4 is 17.1 Å². The molecule has 0 radical (unpaired) electrons. The minimum absolute atomic E-state index is 0.0626. The number of carbonyl (C=O) groups excluding carboxylic acids is 1. The van der Waals surface area contributed by atoms with Gasteiger partial charge in [0.15, 0.2) is 17.1 Å². The first-order chi connectivity index (χ1) is 12.1. The Kier molecular flexibility index (Phi) is 4.74. The van der Waals surface area contributed by atoms with E-state index in [4.69, 9.17) is 4.74 Å². The number of hydrogen-bond acceptors (Lipinski definition) is 6. The number of phenolic OH excluding ortho intramolecular Hbond substituents is 1. The van der Waals surface area contributed by atoms with Crippen LogP contribution < -0.4 is 10.1 Å². The topological polar surface area (TPSA) is 97.2 Å². The fourth-order valence-corrected chi connectivity index (χ4v) is 2.54. The molecule has 0 aliphatic rings. The maximum absolute atomic E-state index is 11.8. The summed E-state index contributed by atoms with van der Waals surface area (Å²) >= 11 is 0. The Labute approximate surface area is 144 Å². The highest BCUT2D eigenvalue weighted by molar-refractivity contribution is 5.90. The van der Waals surface area contributed by atoms with Crippen molar-refractivity contribution in [1.82, 2.24) is 20.3 Å². The van der Waals surface area contributed by atoms with E-state index >= 15 is 0 Å². The second-order valence-electron chi connectivity index (χ2n) is 5.41. The number of nitrogens with one attached hydrogen (secondary N) is 1. The number of benzene rings is 1. The number of phenols is 1. The van der Waals surface area contributed by atoms with Gasteiger partial charge in [-0.3, -0.25) is 4.79 Å². The Hall–Kier alpha value is -3.22. The number of nitrogens with zero attached hydrogens (tertiary/aromatic N) is 3. The highest BCUT2D eigenvalue weighted by Crippen LogP contribution is 2.33. The Bertz CT molecular complexity index is 927. The number of pyridine rings is 1. The minimum atomic E-state index is -0.104. The second-order valence-corrected chi connectivity index (χ2v) is 5.41. The molecule has 1 amide bonds. The van der Waals surface area contributed by atoms with Crippen molar-refractivity contribution < 1.29 is 14.6 Å². The van der Waals surface area contributed by atoms with E-state index in [1.165, 1.54) is 7.11 Å². The summed E-state index contributed by atoms with van der Waals surface area (Å²) in [6, 6.07) is 6.87. The Morgan fingerprint density at radius 2 is 2.12 bits per heavy atom. The zero-order chi connectivity index (χ0) is 17.8. The van der Waals surface area contributed by atoms with Crippen LogP contribution in [0.1, 0.15) is 12.6 Å². The fraction of sp³-hybridized carbons (Fsp3) is 0.222. The van der Waals surface area contributed by atoms with E-state index in [1.807, 2.05) is 13.0 Å². The maximum Gasteiger partial charge on any atom is 0.226 e. The lowest BCUT2D eigenvalue weighted by Gasteiger charge is -2.09. The normalized spacial score (nSPS) is 10.6. The number of aromatic hydroxyl groups is 1. The lowest BCUT2D eigenvalue weighted by molar-refractivity contribution is -0.120. The summed E-state index contributed by atoms with van der Waals surface area (Å²) in [4.78, 5) is 24.9. The molecule has 2 heterocycles. The van der Waals surface area contributed by atoms with Crippen LogP contribution >= 0.6 is 0 Å². The average molecular weight is 338 g/mol. The van der Waals surface area contributed by atoms with E-state index in [2.05, 4.69) is 20.3 Å². The van der Waals surface area contributed by atoms with Gasteiger partial charge in [-0.25, -0.2) is 15.0 Å². The molecule has 2 aromatic heterocycles.